The van der Waals surface area contributed by atoms with Gasteiger partial charge in [-0.1, -0.05) is 41.5 Å². The van der Waals surface area contributed by atoms with E-state index in [-0.39, 0.29) is 19.1 Å². The van der Waals surface area contributed by atoms with Gasteiger partial charge >= 0.3 is 18.0 Å². The van der Waals surface area contributed by atoms with Crippen LogP contribution in [-0.4, -0.2) is 58.6 Å². The number of hydrogen-bond donors (Lipinski definition) is 5. The fourth-order valence-corrected chi connectivity index (χ4v) is 4.38. The number of anilines is 2. The Morgan fingerprint density at radius 2 is 1.54 bits per heavy atom. The number of carboxylic acid groups (broad SMARTS) is 2. The SMILES string of the molecule is Cc1c(OCCCNCC(=O)O)cccc1-c1cccc(-c2nnc(Nc3cccc(CNCC(=O)O)c3)o2)c1C. The molecule has 41 heavy (non-hydrogen) atoms. The Morgan fingerprint density at radius 3 is 2.32 bits per heavy atom. The van der Waals surface area contributed by atoms with Crippen LogP contribution in [0.1, 0.15) is 23.1 Å². The van der Waals surface area contributed by atoms with E-state index >= 15 is 0 Å². The number of rotatable bonds is 15. The van der Waals surface area contributed by atoms with E-state index < -0.39 is 11.9 Å². The maximum Gasteiger partial charge on any atom is 0.320 e. The summed E-state index contributed by atoms with van der Waals surface area (Å²) in [5.74, 6) is -0.637. The fourth-order valence-electron chi connectivity index (χ4n) is 4.38. The minimum Gasteiger partial charge on any atom is -0.493 e. The monoisotopic (exact) mass is 559 g/mol. The van der Waals surface area contributed by atoms with Crippen LogP contribution in [0.3, 0.4) is 0 Å². The summed E-state index contributed by atoms with van der Waals surface area (Å²) in [5.41, 5.74) is 6.48. The highest BCUT2D eigenvalue weighted by Crippen LogP contribution is 2.36. The normalized spacial score (nSPS) is 10.9. The van der Waals surface area contributed by atoms with Crippen molar-refractivity contribution in [3.63, 3.8) is 0 Å². The topological polar surface area (TPSA) is 159 Å². The molecule has 1 aromatic heterocycles. The zero-order valence-electron chi connectivity index (χ0n) is 22.9. The molecule has 3 aromatic carbocycles. The number of benzene rings is 3. The summed E-state index contributed by atoms with van der Waals surface area (Å²) in [5, 5.41) is 34.8. The van der Waals surface area contributed by atoms with Gasteiger partial charge in [-0.25, -0.2) is 0 Å². The molecule has 4 aromatic rings. The number of ether oxygens (including phenoxy) is 1. The Hall–Kier alpha value is -4.74. The quantitative estimate of drug-likeness (QED) is 0.132. The first-order chi connectivity index (χ1) is 19.8. The Bertz CT molecular complexity index is 1500. The minimum atomic E-state index is -0.910. The lowest BCUT2D eigenvalue weighted by atomic mass is 9.93. The molecular weight excluding hydrogens is 526 g/mol. The molecule has 4 rings (SSSR count). The first-order valence-electron chi connectivity index (χ1n) is 13.2. The number of aromatic nitrogens is 2. The molecule has 0 aliphatic carbocycles. The third kappa shape index (κ3) is 8.13. The largest absolute Gasteiger partial charge is 0.493 e. The van der Waals surface area contributed by atoms with E-state index in [1.165, 1.54) is 0 Å². The van der Waals surface area contributed by atoms with Gasteiger partial charge < -0.3 is 35.3 Å². The highest BCUT2D eigenvalue weighted by Gasteiger charge is 2.16. The van der Waals surface area contributed by atoms with Gasteiger partial charge in [-0.3, -0.25) is 9.59 Å². The fraction of sp³-hybridized carbons (Fsp3) is 0.267. The molecule has 11 heteroatoms. The molecule has 214 valence electrons. The molecule has 0 fully saturated rings. The number of nitrogens with one attached hydrogen (secondary N) is 3. The van der Waals surface area contributed by atoms with Crippen LogP contribution in [0, 0.1) is 13.8 Å². The summed E-state index contributed by atoms with van der Waals surface area (Å²) in [6.45, 7) is 5.28. The van der Waals surface area contributed by atoms with Gasteiger partial charge in [0.05, 0.1) is 19.7 Å². The summed E-state index contributed by atoms with van der Waals surface area (Å²) in [6, 6.07) is 19.6. The van der Waals surface area contributed by atoms with Gasteiger partial charge in [0.15, 0.2) is 0 Å². The Morgan fingerprint density at radius 1 is 0.854 bits per heavy atom. The average molecular weight is 560 g/mol. The molecule has 0 radical (unpaired) electrons. The molecule has 0 bridgehead atoms. The van der Waals surface area contributed by atoms with Gasteiger partial charge in [0.25, 0.3) is 0 Å². The number of carbonyl (C=O) groups is 2. The molecule has 0 atom stereocenters. The summed E-state index contributed by atoms with van der Waals surface area (Å²) < 4.78 is 12.0. The van der Waals surface area contributed by atoms with E-state index in [2.05, 4.69) is 26.1 Å². The molecule has 0 aliphatic heterocycles. The number of aliphatic carboxylic acids is 2. The predicted octanol–water partition coefficient (Wildman–Crippen LogP) is 4.38. The minimum absolute atomic E-state index is 0.0667. The molecule has 0 saturated heterocycles. The second kappa shape index (κ2) is 14.1. The van der Waals surface area contributed by atoms with Crippen LogP contribution in [0.5, 0.6) is 5.75 Å². The van der Waals surface area contributed by atoms with Crippen LogP contribution in [0.2, 0.25) is 0 Å². The maximum atomic E-state index is 10.7. The molecule has 0 amide bonds. The number of nitrogens with zero attached hydrogens (tertiary/aromatic N) is 2. The maximum absolute atomic E-state index is 10.7. The molecule has 0 spiro atoms. The van der Waals surface area contributed by atoms with Crippen LogP contribution in [-0.2, 0) is 16.1 Å². The van der Waals surface area contributed by atoms with E-state index in [9.17, 15) is 9.59 Å². The lowest BCUT2D eigenvalue weighted by Gasteiger charge is -2.15. The van der Waals surface area contributed by atoms with Crippen molar-refractivity contribution < 1.29 is 29.0 Å². The highest BCUT2D eigenvalue weighted by molar-refractivity contribution is 5.78. The first-order valence-corrected chi connectivity index (χ1v) is 13.2. The lowest BCUT2D eigenvalue weighted by Crippen LogP contribution is -2.24. The first kappa shape index (κ1) is 29.2. The molecule has 5 N–H and O–H groups in total. The van der Waals surface area contributed by atoms with Crippen LogP contribution in [0.25, 0.3) is 22.6 Å². The highest BCUT2D eigenvalue weighted by atomic mass is 16.5. The average Bonchev–Trinajstić information content (AvgIpc) is 3.40. The van der Waals surface area contributed by atoms with Gasteiger partial charge in [-0.2, -0.15) is 0 Å². The van der Waals surface area contributed by atoms with Crippen molar-refractivity contribution in [3.8, 4) is 28.3 Å². The summed E-state index contributed by atoms with van der Waals surface area (Å²) in [6.07, 6.45) is 0.685. The predicted molar refractivity (Wildman–Crippen MR) is 154 cm³/mol. The van der Waals surface area contributed by atoms with Crippen molar-refractivity contribution in [2.75, 3.05) is 31.6 Å². The third-order valence-electron chi connectivity index (χ3n) is 6.38. The van der Waals surface area contributed by atoms with E-state index in [4.69, 9.17) is 19.4 Å². The molecule has 1 heterocycles. The van der Waals surface area contributed by atoms with Crippen LogP contribution in [0.4, 0.5) is 11.7 Å². The van der Waals surface area contributed by atoms with Crippen LogP contribution in [0.15, 0.2) is 65.1 Å². The molecule has 0 saturated carbocycles. The summed E-state index contributed by atoms with van der Waals surface area (Å²) >= 11 is 0. The summed E-state index contributed by atoms with van der Waals surface area (Å²) in [4.78, 5) is 21.4. The third-order valence-corrected chi connectivity index (χ3v) is 6.38. The van der Waals surface area contributed by atoms with Gasteiger partial charge in [-0.15, -0.1) is 5.10 Å². The van der Waals surface area contributed by atoms with Crippen molar-refractivity contribution in [1.29, 1.82) is 0 Å². The molecule has 0 unspecified atom stereocenters. The van der Waals surface area contributed by atoms with Crippen molar-refractivity contribution in [2.24, 2.45) is 0 Å². The van der Waals surface area contributed by atoms with Crippen LogP contribution < -0.4 is 20.7 Å². The van der Waals surface area contributed by atoms with Gasteiger partial charge in [0.2, 0.25) is 5.89 Å². The smallest absolute Gasteiger partial charge is 0.320 e. The van der Waals surface area contributed by atoms with Crippen molar-refractivity contribution in [3.05, 3.63) is 77.4 Å². The number of hydrogen-bond acceptors (Lipinski definition) is 9. The second-order valence-electron chi connectivity index (χ2n) is 9.41. The van der Waals surface area contributed by atoms with E-state index in [1.54, 1.807) is 0 Å². The zero-order chi connectivity index (χ0) is 29.2. The lowest BCUT2D eigenvalue weighted by molar-refractivity contribution is -0.137. The van der Waals surface area contributed by atoms with E-state index in [0.717, 1.165) is 44.8 Å². The Kier molecular flexibility index (Phi) is 10.0. The molecule has 0 aliphatic rings. The number of carboxylic acids is 2. The van der Waals surface area contributed by atoms with Gasteiger partial charge in [-0.05, 0) is 78.9 Å². The van der Waals surface area contributed by atoms with Crippen molar-refractivity contribution in [2.45, 2.75) is 26.8 Å². The van der Waals surface area contributed by atoms with Gasteiger partial charge in [0.1, 0.15) is 5.75 Å². The zero-order valence-corrected chi connectivity index (χ0v) is 22.9. The summed E-state index contributed by atoms with van der Waals surface area (Å²) in [7, 11) is 0. The molecular formula is C30H33N5O6. The second-order valence-corrected chi connectivity index (χ2v) is 9.41. The standard InChI is InChI=1S/C30H33N5O6/c1-19-23(24-10-5-12-26(20(24)2)40-14-6-13-31-17-27(36)37)9-4-11-25(19)29-34-35-30(41-29)33-22-8-3-7-21(15-22)16-32-18-28(38)39/h3-5,7-12,15,31-32H,6,13-14,16-18H2,1-2H3,(H,33,35)(H,36,37)(H,38,39). The van der Waals surface area contributed by atoms with Crippen LogP contribution >= 0.6 is 0 Å². The van der Waals surface area contributed by atoms with E-state index in [1.807, 2.05) is 74.5 Å². The van der Waals surface area contributed by atoms with E-state index in [0.29, 0.717) is 32.0 Å². The van der Waals surface area contributed by atoms with Gasteiger partial charge in [0, 0.05) is 17.8 Å². The Balaban J connectivity index is 1.45. The van der Waals surface area contributed by atoms with Crippen molar-refractivity contribution >= 4 is 23.6 Å². The molecule has 11 nitrogen and oxygen atoms in total. The Labute approximate surface area is 237 Å². The van der Waals surface area contributed by atoms with Crippen molar-refractivity contribution in [1.82, 2.24) is 20.8 Å².